The Bertz CT molecular complexity index is 342. The van der Waals surface area contributed by atoms with E-state index in [0.717, 1.165) is 26.1 Å². The van der Waals surface area contributed by atoms with Gasteiger partial charge in [0, 0.05) is 30.7 Å². The molecule has 1 aliphatic heterocycles. The van der Waals surface area contributed by atoms with Crippen LogP contribution in [0, 0.1) is 0 Å². The molecule has 1 fully saturated rings. The van der Waals surface area contributed by atoms with Crippen molar-refractivity contribution in [2.75, 3.05) is 18.8 Å². The molecule has 1 aliphatic rings. The van der Waals surface area contributed by atoms with Crippen molar-refractivity contribution >= 4 is 16.5 Å². The van der Waals surface area contributed by atoms with Crippen molar-refractivity contribution in [1.29, 1.82) is 0 Å². The number of thiazole rings is 1. The first-order chi connectivity index (χ1) is 7.67. The Morgan fingerprint density at radius 3 is 3.06 bits per heavy atom. The molecule has 0 saturated carbocycles. The molecule has 0 aromatic carbocycles. The van der Waals surface area contributed by atoms with Gasteiger partial charge in [-0.2, -0.15) is 0 Å². The molecule has 1 saturated heterocycles. The number of nitrogens with zero attached hydrogens (tertiary/aromatic N) is 2. The summed E-state index contributed by atoms with van der Waals surface area (Å²) in [5, 5.41) is 0.656. The van der Waals surface area contributed by atoms with Crippen LogP contribution in [0.3, 0.4) is 0 Å². The van der Waals surface area contributed by atoms with Crippen LogP contribution in [0.5, 0.6) is 0 Å². The van der Waals surface area contributed by atoms with E-state index in [-0.39, 0.29) is 0 Å². The zero-order valence-electron chi connectivity index (χ0n) is 9.85. The van der Waals surface area contributed by atoms with Crippen molar-refractivity contribution in [3.05, 3.63) is 11.1 Å². The van der Waals surface area contributed by atoms with Crippen LogP contribution in [-0.4, -0.2) is 35.2 Å². The van der Waals surface area contributed by atoms with Crippen LogP contribution < -0.4 is 5.73 Å². The first kappa shape index (κ1) is 11.8. The van der Waals surface area contributed by atoms with Crippen molar-refractivity contribution < 1.29 is 4.74 Å². The predicted octanol–water partition coefficient (Wildman–Crippen LogP) is 1.72. The molecule has 2 unspecified atom stereocenters. The fraction of sp³-hybridized carbons (Fsp3) is 0.727. The molecular weight excluding hydrogens is 222 g/mol. The molecule has 0 aliphatic carbocycles. The SMILES string of the molecule is CCC1CN(Cc2cnc(N)s2)CC(C)O1. The summed E-state index contributed by atoms with van der Waals surface area (Å²) in [6.45, 7) is 7.26. The van der Waals surface area contributed by atoms with Gasteiger partial charge in [0.1, 0.15) is 0 Å². The Kier molecular flexibility index (Phi) is 3.78. The number of rotatable bonds is 3. The lowest BCUT2D eigenvalue weighted by Gasteiger charge is -2.36. The molecule has 1 aromatic rings. The number of ether oxygens (including phenoxy) is 1. The second-order valence-corrected chi connectivity index (χ2v) is 5.48. The first-order valence-corrected chi connectivity index (χ1v) is 6.57. The summed E-state index contributed by atoms with van der Waals surface area (Å²) in [7, 11) is 0. The highest BCUT2D eigenvalue weighted by molar-refractivity contribution is 7.15. The lowest BCUT2D eigenvalue weighted by molar-refractivity contribution is -0.0798. The Morgan fingerprint density at radius 1 is 1.62 bits per heavy atom. The number of hydrogen-bond acceptors (Lipinski definition) is 5. The molecular formula is C11H19N3OS. The number of aromatic nitrogens is 1. The van der Waals surface area contributed by atoms with Gasteiger partial charge in [0.05, 0.1) is 12.2 Å². The zero-order chi connectivity index (χ0) is 11.5. The largest absolute Gasteiger partial charge is 0.375 e. The van der Waals surface area contributed by atoms with E-state index in [1.807, 2.05) is 6.20 Å². The van der Waals surface area contributed by atoms with Gasteiger partial charge >= 0.3 is 0 Å². The predicted molar refractivity (Wildman–Crippen MR) is 66.4 cm³/mol. The Labute approximate surface area is 100 Å². The fourth-order valence-corrected chi connectivity index (χ4v) is 2.84. The van der Waals surface area contributed by atoms with E-state index in [0.29, 0.717) is 17.3 Å². The summed E-state index contributed by atoms with van der Waals surface area (Å²) in [6.07, 6.45) is 3.64. The summed E-state index contributed by atoms with van der Waals surface area (Å²) in [6, 6.07) is 0. The summed E-state index contributed by atoms with van der Waals surface area (Å²) in [4.78, 5) is 7.74. The summed E-state index contributed by atoms with van der Waals surface area (Å²) >= 11 is 1.58. The van der Waals surface area contributed by atoms with Crippen LogP contribution in [0.15, 0.2) is 6.20 Å². The third-order valence-electron chi connectivity index (χ3n) is 2.81. The Morgan fingerprint density at radius 2 is 2.44 bits per heavy atom. The Balaban J connectivity index is 1.93. The van der Waals surface area contributed by atoms with Crippen LogP contribution in [-0.2, 0) is 11.3 Å². The third-order valence-corrected chi connectivity index (χ3v) is 3.62. The normalized spacial score (nSPS) is 27.1. The molecule has 1 aromatic heterocycles. The van der Waals surface area contributed by atoms with Crippen LogP contribution in [0.1, 0.15) is 25.1 Å². The van der Waals surface area contributed by atoms with Crippen molar-refractivity contribution in [1.82, 2.24) is 9.88 Å². The number of anilines is 1. The summed E-state index contributed by atoms with van der Waals surface area (Å²) in [5.74, 6) is 0. The molecule has 0 spiro atoms. The molecule has 2 N–H and O–H groups in total. The molecule has 0 bridgehead atoms. The molecule has 16 heavy (non-hydrogen) atoms. The average Bonchev–Trinajstić information content (AvgIpc) is 2.63. The van der Waals surface area contributed by atoms with Gasteiger partial charge in [-0.3, -0.25) is 4.90 Å². The Hall–Kier alpha value is -0.650. The molecule has 4 nitrogen and oxygen atoms in total. The van der Waals surface area contributed by atoms with Gasteiger partial charge in [0.25, 0.3) is 0 Å². The minimum absolute atomic E-state index is 0.323. The van der Waals surface area contributed by atoms with E-state index in [1.165, 1.54) is 4.88 Å². The monoisotopic (exact) mass is 241 g/mol. The maximum atomic E-state index is 5.83. The van der Waals surface area contributed by atoms with Crippen molar-refractivity contribution in [3.63, 3.8) is 0 Å². The minimum atomic E-state index is 0.323. The lowest BCUT2D eigenvalue weighted by Crippen LogP contribution is -2.45. The smallest absolute Gasteiger partial charge is 0.180 e. The number of hydrogen-bond donors (Lipinski definition) is 1. The molecule has 2 rings (SSSR count). The van der Waals surface area contributed by atoms with Gasteiger partial charge in [-0.1, -0.05) is 6.92 Å². The third kappa shape index (κ3) is 2.93. The quantitative estimate of drug-likeness (QED) is 0.875. The van der Waals surface area contributed by atoms with E-state index in [1.54, 1.807) is 11.3 Å². The average molecular weight is 241 g/mol. The van der Waals surface area contributed by atoms with Crippen LogP contribution in [0.4, 0.5) is 5.13 Å². The van der Waals surface area contributed by atoms with E-state index in [4.69, 9.17) is 10.5 Å². The first-order valence-electron chi connectivity index (χ1n) is 5.75. The molecule has 2 heterocycles. The van der Waals surface area contributed by atoms with Gasteiger partial charge in [-0.15, -0.1) is 11.3 Å². The summed E-state index contributed by atoms with van der Waals surface area (Å²) in [5.41, 5.74) is 5.63. The van der Waals surface area contributed by atoms with Crippen molar-refractivity contribution in [3.8, 4) is 0 Å². The molecule has 5 heteroatoms. The van der Waals surface area contributed by atoms with Crippen molar-refractivity contribution in [2.24, 2.45) is 0 Å². The van der Waals surface area contributed by atoms with Gasteiger partial charge < -0.3 is 10.5 Å². The van der Waals surface area contributed by atoms with E-state index >= 15 is 0 Å². The van der Waals surface area contributed by atoms with Gasteiger partial charge in [-0.05, 0) is 13.3 Å². The highest BCUT2D eigenvalue weighted by Crippen LogP contribution is 2.20. The van der Waals surface area contributed by atoms with E-state index < -0.39 is 0 Å². The lowest BCUT2D eigenvalue weighted by atomic mass is 10.2. The van der Waals surface area contributed by atoms with Gasteiger partial charge in [-0.25, -0.2) is 4.98 Å². The molecule has 0 radical (unpaired) electrons. The summed E-state index contributed by atoms with van der Waals surface area (Å²) < 4.78 is 5.83. The van der Waals surface area contributed by atoms with Crippen LogP contribution in [0.25, 0.3) is 0 Å². The molecule has 2 atom stereocenters. The van der Waals surface area contributed by atoms with Crippen LogP contribution >= 0.6 is 11.3 Å². The molecule has 0 amide bonds. The zero-order valence-corrected chi connectivity index (χ0v) is 10.7. The minimum Gasteiger partial charge on any atom is -0.375 e. The highest BCUT2D eigenvalue weighted by Gasteiger charge is 2.24. The van der Waals surface area contributed by atoms with Gasteiger partial charge in [0.15, 0.2) is 5.13 Å². The van der Waals surface area contributed by atoms with E-state index in [2.05, 4.69) is 23.7 Å². The second kappa shape index (κ2) is 5.12. The van der Waals surface area contributed by atoms with Crippen molar-refractivity contribution in [2.45, 2.75) is 39.0 Å². The highest BCUT2D eigenvalue weighted by atomic mass is 32.1. The second-order valence-electron chi connectivity index (χ2n) is 4.34. The maximum absolute atomic E-state index is 5.83. The maximum Gasteiger partial charge on any atom is 0.180 e. The number of nitrogen functional groups attached to an aromatic ring is 1. The number of nitrogens with two attached hydrogens (primary N) is 1. The van der Waals surface area contributed by atoms with Crippen LogP contribution in [0.2, 0.25) is 0 Å². The standard InChI is InChI=1S/C11H19N3OS/c1-3-9-6-14(5-8(2)15-9)7-10-4-13-11(12)16-10/h4,8-9H,3,5-7H2,1-2H3,(H2,12,13). The van der Waals surface area contributed by atoms with E-state index in [9.17, 15) is 0 Å². The fourth-order valence-electron chi connectivity index (χ4n) is 2.11. The topological polar surface area (TPSA) is 51.4 Å². The number of morpholine rings is 1. The molecule has 90 valence electrons. The van der Waals surface area contributed by atoms with Gasteiger partial charge in [0.2, 0.25) is 0 Å².